The third kappa shape index (κ3) is 3.47. The third-order valence-electron chi connectivity index (χ3n) is 2.91. The van der Waals surface area contributed by atoms with Crippen LogP contribution in [0, 0.1) is 0 Å². The Morgan fingerprint density at radius 2 is 2.00 bits per heavy atom. The van der Waals surface area contributed by atoms with Crippen LogP contribution in [0.25, 0.3) is 0 Å². The van der Waals surface area contributed by atoms with Gasteiger partial charge in [0.2, 0.25) is 0 Å². The van der Waals surface area contributed by atoms with Gasteiger partial charge in [-0.15, -0.1) is 0 Å². The number of aromatic nitrogens is 2. The largest absolute Gasteiger partial charge is 0.364 e. The van der Waals surface area contributed by atoms with Crippen molar-refractivity contribution in [1.82, 2.24) is 14.9 Å². The highest BCUT2D eigenvalue weighted by molar-refractivity contribution is 7.80. The lowest BCUT2D eigenvalue weighted by Crippen LogP contribution is -2.35. The summed E-state index contributed by atoms with van der Waals surface area (Å²) in [5.74, 6) is -0.665. The number of hydrogen-bond acceptors (Lipinski definition) is 4. The number of rotatable bonds is 4. The van der Waals surface area contributed by atoms with E-state index in [0.717, 1.165) is 0 Å². The molecule has 2 aromatic rings. The van der Waals surface area contributed by atoms with Crippen molar-refractivity contribution in [2.45, 2.75) is 13.5 Å². The number of hydrogen-bond donors (Lipinski definition) is 3. The molecule has 0 spiro atoms. The molecule has 0 aliphatic heterocycles. The molecule has 0 aliphatic carbocycles. The molecule has 22 heavy (non-hydrogen) atoms. The van der Waals surface area contributed by atoms with Gasteiger partial charge in [0.25, 0.3) is 11.8 Å². The van der Waals surface area contributed by atoms with Gasteiger partial charge in [-0.3, -0.25) is 14.9 Å². The Labute approximate surface area is 132 Å². The Morgan fingerprint density at radius 1 is 1.32 bits per heavy atom. The van der Waals surface area contributed by atoms with E-state index in [4.69, 9.17) is 18.0 Å². The Balaban J connectivity index is 2.11. The molecule has 1 heterocycles. The van der Waals surface area contributed by atoms with Gasteiger partial charge < -0.3 is 15.6 Å². The first-order valence-corrected chi connectivity index (χ1v) is 6.96. The zero-order valence-electron chi connectivity index (χ0n) is 11.9. The van der Waals surface area contributed by atoms with Crippen molar-refractivity contribution in [1.29, 1.82) is 0 Å². The summed E-state index contributed by atoms with van der Waals surface area (Å²) in [5, 5.41) is 5.39. The van der Waals surface area contributed by atoms with Crippen LogP contribution < -0.4 is 16.4 Å². The lowest BCUT2D eigenvalue weighted by molar-refractivity contribution is 0.0975. The minimum atomic E-state index is -0.674. The van der Waals surface area contributed by atoms with Crippen molar-refractivity contribution in [3.8, 4) is 0 Å². The van der Waals surface area contributed by atoms with Crippen LogP contribution >= 0.6 is 12.2 Å². The highest BCUT2D eigenvalue weighted by atomic mass is 32.1. The SMILES string of the molecule is CCn1cnc(C(N)=O)c1NC(=S)NC(=O)c1ccccc1. The molecule has 0 aliphatic rings. The first kappa shape index (κ1) is 15.6. The second-order valence-electron chi connectivity index (χ2n) is 4.37. The predicted octanol–water partition coefficient (Wildman–Crippen LogP) is 1.13. The van der Waals surface area contributed by atoms with E-state index in [9.17, 15) is 9.59 Å². The van der Waals surface area contributed by atoms with Crippen LogP contribution in [0.1, 0.15) is 27.8 Å². The number of aryl methyl sites for hydroxylation is 1. The molecule has 0 atom stereocenters. The molecule has 2 rings (SSSR count). The summed E-state index contributed by atoms with van der Waals surface area (Å²) in [6.07, 6.45) is 1.48. The van der Waals surface area contributed by atoms with E-state index in [1.54, 1.807) is 28.8 Å². The molecule has 0 saturated carbocycles. The van der Waals surface area contributed by atoms with Crippen LogP contribution in [0.5, 0.6) is 0 Å². The number of carbonyl (C=O) groups is 2. The van der Waals surface area contributed by atoms with Crippen molar-refractivity contribution >= 4 is 35.0 Å². The summed E-state index contributed by atoms with van der Waals surface area (Å²) >= 11 is 5.10. The summed E-state index contributed by atoms with van der Waals surface area (Å²) < 4.78 is 1.67. The highest BCUT2D eigenvalue weighted by Crippen LogP contribution is 2.13. The molecule has 114 valence electrons. The lowest BCUT2D eigenvalue weighted by Gasteiger charge is -2.12. The summed E-state index contributed by atoms with van der Waals surface area (Å²) in [5.41, 5.74) is 5.81. The van der Waals surface area contributed by atoms with Crippen LogP contribution in [-0.4, -0.2) is 26.5 Å². The lowest BCUT2D eigenvalue weighted by atomic mass is 10.2. The number of primary amides is 1. The predicted molar refractivity (Wildman–Crippen MR) is 86.5 cm³/mol. The van der Waals surface area contributed by atoms with E-state index in [1.165, 1.54) is 6.33 Å². The molecule has 2 amide bonds. The molecule has 0 saturated heterocycles. The van der Waals surface area contributed by atoms with Gasteiger partial charge >= 0.3 is 0 Å². The number of thiocarbonyl (C=S) groups is 1. The molecule has 0 radical (unpaired) electrons. The van der Waals surface area contributed by atoms with Crippen molar-refractivity contribution in [2.75, 3.05) is 5.32 Å². The van der Waals surface area contributed by atoms with Crippen LogP contribution in [-0.2, 0) is 6.54 Å². The Hall–Kier alpha value is -2.74. The maximum Gasteiger partial charge on any atom is 0.271 e. The topological polar surface area (TPSA) is 102 Å². The van der Waals surface area contributed by atoms with Gasteiger partial charge in [-0.25, -0.2) is 4.98 Å². The summed E-state index contributed by atoms with van der Waals surface area (Å²) in [6.45, 7) is 2.45. The Morgan fingerprint density at radius 3 is 2.59 bits per heavy atom. The summed E-state index contributed by atoms with van der Waals surface area (Å²) in [6, 6.07) is 8.66. The number of nitrogens with one attached hydrogen (secondary N) is 2. The van der Waals surface area contributed by atoms with Gasteiger partial charge in [-0.05, 0) is 31.3 Å². The zero-order valence-corrected chi connectivity index (χ0v) is 12.7. The normalized spacial score (nSPS) is 10.0. The summed E-state index contributed by atoms with van der Waals surface area (Å²) in [7, 11) is 0. The number of amides is 2. The van der Waals surface area contributed by atoms with E-state index in [0.29, 0.717) is 17.9 Å². The highest BCUT2D eigenvalue weighted by Gasteiger charge is 2.17. The molecule has 0 unspecified atom stereocenters. The number of nitrogens with zero attached hydrogens (tertiary/aromatic N) is 2. The molecule has 7 nitrogen and oxygen atoms in total. The van der Waals surface area contributed by atoms with Gasteiger partial charge in [0.15, 0.2) is 10.8 Å². The first-order chi connectivity index (χ1) is 10.5. The van der Waals surface area contributed by atoms with E-state index < -0.39 is 5.91 Å². The molecule has 0 bridgehead atoms. The van der Waals surface area contributed by atoms with Gasteiger partial charge in [0.05, 0.1) is 6.33 Å². The second kappa shape index (κ2) is 6.81. The number of benzene rings is 1. The van der Waals surface area contributed by atoms with Gasteiger partial charge in [0.1, 0.15) is 5.82 Å². The molecule has 4 N–H and O–H groups in total. The summed E-state index contributed by atoms with van der Waals surface area (Å²) in [4.78, 5) is 27.3. The fraction of sp³-hybridized carbons (Fsp3) is 0.143. The van der Waals surface area contributed by atoms with E-state index in [-0.39, 0.29) is 16.7 Å². The smallest absolute Gasteiger partial charge is 0.271 e. The number of carbonyl (C=O) groups excluding carboxylic acids is 2. The Kier molecular flexibility index (Phi) is 4.84. The zero-order chi connectivity index (χ0) is 16.1. The number of nitrogens with two attached hydrogens (primary N) is 1. The van der Waals surface area contributed by atoms with Gasteiger partial charge in [-0.1, -0.05) is 18.2 Å². The molecular weight excluding hydrogens is 302 g/mol. The van der Waals surface area contributed by atoms with Crippen LogP contribution in [0.4, 0.5) is 5.82 Å². The van der Waals surface area contributed by atoms with E-state index >= 15 is 0 Å². The molecule has 0 fully saturated rings. The van der Waals surface area contributed by atoms with Crippen LogP contribution in [0.2, 0.25) is 0 Å². The minimum Gasteiger partial charge on any atom is -0.364 e. The molecule has 8 heteroatoms. The average Bonchev–Trinajstić information content (AvgIpc) is 2.90. The Bertz CT molecular complexity index is 711. The van der Waals surface area contributed by atoms with Gasteiger partial charge in [0, 0.05) is 12.1 Å². The van der Waals surface area contributed by atoms with Gasteiger partial charge in [-0.2, -0.15) is 0 Å². The minimum absolute atomic E-state index is 0.0616. The standard InChI is InChI=1S/C14H15N5O2S/c1-2-19-8-16-10(11(15)20)12(19)17-14(22)18-13(21)9-6-4-3-5-7-9/h3-8H,2H2,1H3,(H2,15,20)(H2,17,18,21,22). The fourth-order valence-corrected chi connectivity index (χ4v) is 2.03. The monoisotopic (exact) mass is 317 g/mol. The fourth-order valence-electron chi connectivity index (χ4n) is 1.84. The molecular formula is C14H15N5O2S. The number of anilines is 1. The quantitative estimate of drug-likeness (QED) is 0.734. The first-order valence-electron chi connectivity index (χ1n) is 6.55. The van der Waals surface area contributed by atoms with Crippen molar-refractivity contribution in [2.24, 2.45) is 5.73 Å². The maximum absolute atomic E-state index is 12.0. The van der Waals surface area contributed by atoms with Crippen LogP contribution in [0.15, 0.2) is 36.7 Å². The second-order valence-corrected chi connectivity index (χ2v) is 4.77. The maximum atomic E-state index is 12.0. The third-order valence-corrected chi connectivity index (χ3v) is 3.11. The molecule has 1 aromatic heterocycles. The van der Waals surface area contributed by atoms with Crippen molar-refractivity contribution in [3.63, 3.8) is 0 Å². The van der Waals surface area contributed by atoms with E-state index in [2.05, 4.69) is 15.6 Å². The van der Waals surface area contributed by atoms with Crippen LogP contribution in [0.3, 0.4) is 0 Å². The van der Waals surface area contributed by atoms with E-state index in [1.807, 2.05) is 13.0 Å². The average molecular weight is 317 g/mol. The number of imidazole rings is 1. The van der Waals surface area contributed by atoms with Crippen molar-refractivity contribution < 1.29 is 9.59 Å². The van der Waals surface area contributed by atoms with Crippen molar-refractivity contribution in [3.05, 3.63) is 47.9 Å². The molecule has 1 aromatic carbocycles.